The van der Waals surface area contributed by atoms with E-state index in [1.807, 2.05) is 0 Å². The molecule has 2 heterocycles. The van der Waals surface area contributed by atoms with Crippen molar-refractivity contribution in [2.45, 2.75) is 24.9 Å². The maximum Gasteiger partial charge on any atom is 0.0589 e. The number of thiophene rings is 1. The zero-order chi connectivity index (χ0) is 11.4. The van der Waals surface area contributed by atoms with Crippen molar-refractivity contribution >= 4 is 11.3 Å². The SMILES string of the molecule is COCCN1CCCC(N)C1c1ccsc1. The van der Waals surface area contributed by atoms with Crippen LogP contribution in [0, 0.1) is 0 Å². The summed E-state index contributed by atoms with van der Waals surface area (Å²) in [6.45, 7) is 2.90. The van der Waals surface area contributed by atoms with Crippen LogP contribution in [-0.4, -0.2) is 37.7 Å². The van der Waals surface area contributed by atoms with Gasteiger partial charge in [-0.05, 0) is 41.8 Å². The zero-order valence-electron chi connectivity index (χ0n) is 9.76. The highest BCUT2D eigenvalue weighted by Gasteiger charge is 2.30. The molecular weight excluding hydrogens is 220 g/mol. The van der Waals surface area contributed by atoms with E-state index >= 15 is 0 Å². The van der Waals surface area contributed by atoms with Gasteiger partial charge in [-0.15, -0.1) is 0 Å². The van der Waals surface area contributed by atoms with Gasteiger partial charge >= 0.3 is 0 Å². The van der Waals surface area contributed by atoms with Crippen LogP contribution in [0.1, 0.15) is 24.4 Å². The molecule has 16 heavy (non-hydrogen) atoms. The monoisotopic (exact) mass is 240 g/mol. The Balaban J connectivity index is 2.08. The lowest BCUT2D eigenvalue weighted by Crippen LogP contribution is -2.46. The smallest absolute Gasteiger partial charge is 0.0589 e. The number of nitrogens with zero attached hydrogens (tertiary/aromatic N) is 1. The number of rotatable bonds is 4. The highest BCUT2D eigenvalue weighted by Crippen LogP contribution is 2.30. The number of ether oxygens (including phenoxy) is 1. The fourth-order valence-corrected chi connectivity index (χ4v) is 3.15. The van der Waals surface area contributed by atoms with Gasteiger partial charge in [0.2, 0.25) is 0 Å². The van der Waals surface area contributed by atoms with Crippen LogP contribution < -0.4 is 5.73 Å². The van der Waals surface area contributed by atoms with Crippen molar-refractivity contribution in [2.75, 3.05) is 26.8 Å². The van der Waals surface area contributed by atoms with E-state index in [2.05, 4.69) is 21.7 Å². The minimum Gasteiger partial charge on any atom is -0.383 e. The lowest BCUT2D eigenvalue weighted by atomic mass is 9.92. The molecule has 0 aromatic carbocycles. The van der Waals surface area contributed by atoms with Crippen LogP contribution in [0.4, 0.5) is 0 Å². The van der Waals surface area contributed by atoms with Crippen molar-refractivity contribution in [3.63, 3.8) is 0 Å². The summed E-state index contributed by atoms with van der Waals surface area (Å²) in [5, 5.41) is 4.35. The molecule has 2 unspecified atom stereocenters. The fraction of sp³-hybridized carbons (Fsp3) is 0.667. The molecule has 2 atom stereocenters. The second kappa shape index (κ2) is 5.77. The summed E-state index contributed by atoms with van der Waals surface area (Å²) in [6, 6.07) is 2.84. The van der Waals surface area contributed by atoms with Gasteiger partial charge in [0, 0.05) is 19.7 Å². The Hall–Kier alpha value is -0.420. The maximum absolute atomic E-state index is 6.25. The molecule has 1 aromatic heterocycles. The second-order valence-corrected chi connectivity index (χ2v) is 5.12. The molecule has 0 radical (unpaired) electrons. The van der Waals surface area contributed by atoms with E-state index < -0.39 is 0 Å². The molecule has 0 bridgehead atoms. The minimum absolute atomic E-state index is 0.264. The van der Waals surface area contributed by atoms with E-state index in [1.54, 1.807) is 18.4 Å². The third-order valence-electron chi connectivity index (χ3n) is 3.25. The van der Waals surface area contributed by atoms with Crippen molar-refractivity contribution in [1.82, 2.24) is 4.90 Å². The average molecular weight is 240 g/mol. The van der Waals surface area contributed by atoms with Crippen molar-refractivity contribution in [3.8, 4) is 0 Å². The molecule has 3 nitrogen and oxygen atoms in total. The first kappa shape index (κ1) is 12.0. The van der Waals surface area contributed by atoms with E-state index in [1.165, 1.54) is 12.0 Å². The van der Waals surface area contributed by atoms with Gasteiger partial charge in [-0.2, -0.15) is 11.3 Å². The predicted octanol–water partition coefficient (Wildman–Crippen LogP) is 1.86. The Morgan fingerprint density at radius 3 is 3.19 bits per heavy atom. The Labute approximate surface area is 101 Å². The molecule has 1 aliphatic heterocycles. The van der Waals surface area contributed by atoms with Crippen LogP contribution in [-0.2, 0) is 4.74 Å². The molecule has 2 N–H and O–H groups in total. The molecule has 1 aliphatic rings. The zero-order valence-corrected chi connectivity index (χ0v) is 10.6. The minimum atomic E-state index is 0.264. The van der Waals surface area contributed by atoms with E-state index in [4.69, 9.17) is 10.5 Å². The number of nitrogens with two attached hydrogens (primary N) is 1. The number of likely N-dealkylation sites (tertiary alicyclic amines) is 1. The molecule has 1 fully saturated rings. The van der Waals surface area contributed by atoms with E-state index in [-0.39, 0.29) is 6.04 Å². The first-order valence-corrected chi connectivity index (χ1v) is 6.78. The Morgan fingerprint density at radius 1 is 1.62 bits per heavy atom. The van der Waals surface area contributed by atoms with Gasteiger partial charge < -0.3 is 10.5 Å². The van der Waals surface area contributed by atoms with Gasteiger partial charge in [-0.1, -0.05) is 0 Å². The summed E-state index contributed by atoms with van der Waals surface area (Å²) in [5.41, 5.74) is 7.62. The molecule has 1 aromatic rings. The molecule has 0 saturated carbocycles. The molecular formula is C12H20N2OS. The van der Waals surface area contributed by atoms with Crippen molar-refractivity contribution in [1.29, 1.82) is 0 Å². The number of hydrogen-bond acceptors (Lipinski definition) is 4. The molecule has 90 valence electrons. The summed E-state index contributed by atoms with van der Waals surface area (Å²) in [4.78, 5) is 2.46. The number of hydrogen-bond donors (Lipinski definition) is 1. The summed E-state index contributed by atoms with van der Waals surface area (Å²) in [6.07, 6.45) is 2.33. The van der Waals surface area contributed by atoms with Crippen LogP contribution in [0.15, 0.2) is 16.8 Å². The molecule has 0 spiro atoms. The quantitative estimate of drug-likeness (QED) is 0.873. The number of piperidine rings is 1. The summed E-state index contributed by atoms with van der Waals surface area (Å²) in [5.74, 6) is 0. The molecule has 2 rings (SSSR count). The second-order valence-electron chi connectivity index (χ2n) is 4.34. The Bertz CT molecular complexity index is 302. The van der Waals surface area contributed by atoms with Gasteiger partial charge in [0.1, 0.15) is 0 Å². The normalized spacial score (nSPS) is 27.1. The highest BCUT2D eigenvalue weighted by atomic mass is 32.1. The van der Waals surface area contributed by atoms with Crippen molar-refractivity contribution in [3.05, 3.63) is 22.4 Å². The Morgan fingerprint density at radius 2 is 2.50 bits per heavy atom. The Kier molecular flexibility index (Phi) is 4.35. The predicted molar refractivity (Wildman–Crippen MR) is 67.7 cm³/mol. The van der Waals surface area contributed by atoms with Gasteiger partial charge in [-0.25, -0.2) is 0 Å². The fourth-order valence-electron chi connectivity index (χ4n) is 2.46. The summed E-state index contributed by atoms with van der Waals surface area (Å²) >= 11 is 1.75. The first-order chi connectivity index (χ1) is 7.83. The van der Waals surface area contributed by atoms with E-state index in [0.29, 0.717) is 6.04 Å². The maximum atomic E-state index is 6.25. The summed E-state index contributed by atoms with van der Waals surface area (Å²) < 4.78 is 5.17. The van der Waals surface area contributed by atoms with Gasteiger partial charge in [0.15, 0.2) is 0 Å². The molecule has 1 saturated heterocycles. The highest BCUT2D eigenvalue weighted by molar-refractivity contribution is 7.07. The first-order valence-electron chi connectivity index (χ1n) is 5.83. The lowest BCUT2D eigenvalue weighted by molar-refractivity contribution is 0.0850. The van der Waals surface area contributed by atoms with Gasteiger partial charge in [0.25, 0.3) is 0 Å². The van der Waals surface area contributed by atoms with Crippen LogP contribution in [0.5, 0.6) is 0 Å². The summed E-state index contributed by atoms with van der Waals surface area (Å²) in [7, 11) is 1.75. The third-order valence-corrected chi connectivity index (χ3v) is 3.95. The molecule has 4 heteroatoms. The van der Waals surface area contributed by atoms with E-state index in [9.17, 15) is 0 Å². The topological polar surface area (TPSA) is 38.5 Å². The third kappa shape index (κ3) is 2.63. The van der Waals surface area contributed by atoms with Crippen molar-refractivity contribution in [2.24, 2.45) is 5.73 Å². The largest absolute Gasteiger partial charge is 0.383 e. The number of methoxy groups -OCH3 is 1. The average Bonchev–Trinajstić information content (AvgIpc) is 2.79. The van der Waals surface area contributed by atoms with E-state index in [0.717, 1.165) is 26.1 Å². The van der Waals surface area contributed by atoms with Crippen molar-refractivity contribution < 1.29 is 4.74 Å². The van der Waals surface area contributed by atoms with Crippen LogP contribution in [0.2, 0.25) is 0 Å². The molecule has 0 amide bonds. The standard InChI is InChI=1S/C12H20N2OS/c1-15-7-6-14-5-2-3-11(13)12(14)10-4-8-16-9-10/h4,8-9,11-12H,2-3,5-7,13H2,1H3. The van der Waals surface area contributed by atoms with Crippen LogP contribution in [0.3, 0.4) is 0 Å². The van der Waals surface area contributed by atoms with Gasteiger partial charge in [0.05, 0.1) is 12.6 Å². The lowest BCUT2D eigenvalue weighted by Gasteiger charge is -2.39. The molecule has 0 aliphatic carbocycles. The van der Waals surface area contributed by atoms with Crippen LogP contribution in [0.25, 0.3) is 0 Å². The van der Waals surface area contributed by atoms with Crippen LogP contribution >= 0.6 is 11.3 Å². The van der Waals surface area contributed by atoms with Gasteiger partial charge in [-0.3, -0.25) is 4.90 Å².